The molecule has 114 valence electrons. The Morgan fingerprint density at radius 3 is 2.81 bits per heavy atom. The normalized spacial score (nSPS) is 20.2. The van der Waals surface area contributed by atoms with Crippen molar-refractivity contribution in [1.82, 2.24) is 9.97 Å². The number of nitrogens with one attached hydrogen (secondary N) is 1. The summed E-state index contributed by atoms with van der Waals surface area (Å²) in [5, 5.41) is 0.318. The fourth-order valence-corrected chi connectivity index (χ4v) is 2.85. The molecule has 1 aliphatic rings. The molecular formula is C13H16F3N5. The van der Waals surface area contributed by atoms with Crippen LogP contribution in [0, 0.1) is 0 Å². The summed E-state index contributed by atoms with van der Waals surface area (Å²) in [6, 6.07) is -0.136. The van der Waals surface area contributed by atoms with Crippen molar-refractivity contribution >= 4 is 22.4 Å². The van der Waals surface area contributed by atoms with Gasteiger partial charge in [0.1, 0.15) is 5.65 Å². The zero-order chi connectivity index (χ0) is 15.2. The molecule has 1 saturated heterocycles. The van der Waals surface area contributed by atoms with Crippen molar-refractivity contribution in [2.45, 2.75) is 25.1 Å². The van der Waals surface area contributed by atoms with Crippen molar-refractivity contribution in [3.05, 3.63) is 18.0 Å². The molecule has 0 bridgehead atoms. The third-order valence-corrected chi connectivity index (χ3v) is 3.78. The van der Waals surface area contributed by atoms with Gasteiger partial charge in [-0.3, -0.25) is 0 Å². The lowest BCUT2D eigenvalue weighted by molar-refractivity contribution is -0.137. The molecule has 0 unspecified atom stereocenters. The first-order valence-electron chi connectivity index (χ1n) is 6.71. The van der Waals surface area contributed by atoms with E-state index < -0.39 is 11.7 Å². The van der Waals surface area contributed by atoms with E-state index >= 15 is 0 Å². The van der Waals surface area contributed by atoms with Crippen LogP contribution in [-0.2, 0) is 6.18 Å². The molecule has 1 fully saturated rings. The van der Waals surface area contributed by atoms with E-state index in [1.807, 2.05) is 0 Å². The molecule has 0 saturated carbocycles. The number of pyridine rings is 1. The monoisotopic (exact) mass is 299 g/mol. The second-order valence-corrected chi connectivity index (χ2v) is 5.33. The molecule has 1 aliphatic heterocycles. The van der Waals surface area contributed by atoms with Crippen LogP contribution in [0.5, 0.6) is 0 Å². The quantitative estimate of drug-likeness (QED) is 0.753. The Morgan fingerprint density at radius 1 is 1.38 bits per heavy atom. The highest BCUT2D eigenvalue weighted by Crippen LogP contribution is 2.42. The van der Waals surface area contributed by atoms with Gasteiger partial charge in [0.15, 0.2) is 0 Å². The lowest BCUT2D eigenvalue weighted by atomic mass is 10.0. The summed E-state index contributed by atoms with van der Waals surface area (Å²) in [5.74, 6) is 0. The number of nitrogens with zero attached hydrogens (tertiary/aromatic N) is 2. The number of hydrogen-bond acceptors (Lipinski definition) is 4. The van der Waals surface area contributed by atoms with Crippen molar-refractivity contribution in [2.75, 3.05) is 23.7 Å². The number of nitrogens with two attached hydrogens (primary N) is 2. The van der Waals surface area contributed by atoms with E-state index in [2.05, 4.69) is 9.97 Å². The highest BCUT2D eigenvalue weighted by Gasteiger charge is 2.38. The number of fused-ring (bicyclic) bond motifs is 1. The molecule has 3 heterocycles. The number of piperidine rings is 1. The lowest BCUT2D eigenvalue weighted by Crippen LogP contribution is -2.43. The number of nitrogen functional groups attached to an aromatic ring is 1. The van der Waals surface area contributed by atoms with Gasteiger partial charge in [-0.05, 0) is 12.8 Å². The summed E-state index contributed by atoms with van der Waals surface area (Å²) in [4.78, 5) is 8.30. The maximum atomic E-state index is 13.3. The van der Waals surface area contributed by atoms with Crippen molar-refractivity contribution in [3.63, 3.8) is 0 Å². The number of hydrogen-bond donors (Lipinski definition) is 3. The van der Waals surface area contributed by atoms with Gasteiger partial charge in [-0.1, -0.05) is 0 Å². The molecule has 0 aliphatic carbocycles. The summed E-state index contributed by atoms with van der Waals surface area (Å²) in [6.07, 6.45) is -0.595. The Hall–Kier alpha value is -1.96. The first-order chi connectivity index (χ1) is 9.88. The number of aromatic nitrogens is 2. The summed E-state index contributed by atoms with van der Waals surface area (Å²) >= 11 is 0. The smallest absolute Gasteiger partial charge is 0.397 e. The SMILES string of the molecule is Nc1c[nH]c2ncc(C(F)(F)F)c(N3CCC[C@@H](N)C3)c12. The maximum absolute atomic E-state index is 13.3. The fourth-order valence-electron chi connectivity index (χ4n) is 2.85. The largest absolute Gasteiger partial charge is 0.419 e. The minimum absolute atomic E-state index is 0.0846. The lowest BCUT2D eigenvalue weighted by Gasteiger charge is -2.34. The highest BCUT2D eigenvalue weighted by atomic mass is 19.4. The van der Waals surface area contributed by atoms with Crippen molar-refractivity contribution < 1.29 is 13.2 Å². The number of alkyl halides is 3. The van der Waals surface area contributed by atoms with Crippen LogP contribution in [0.4, 0.5) is 24.5 Å². The van der Waals surface area contributed by atoms with Crippen LogP contribution in [0.25, 0.3) is 11.0 Å². The van der Waals surface area contributed by atoms with Gasteiger partial charge in [0, 0.05) is 31.5 Å². The van der Waals surface area contributed by atoms with Crippen LogP contribution in [0.3, 0.4) is 0 Å². The first-order valence-corrected chi connectivity index (χ1v) is 6.71. The average molecular weight is 299 g/mol. The third kappa shape index (κ3) is 2.39. The summed E-state index contributed by atoms with van der Waals surface area (Å²) in [6.45, 7) is 0.910. The molecule has 0 spiro atoms. The minimum atomic E-state index is -4.48. The highest BCUT2D eigenvalue weighted by molar-refractivity contribution is 6.01. The van der Waals surface area contributed by atoms with Crippen molar-refractivity contribution in [3.8, 4) is 0 Å². The van der Waals surface area contributed by atoms with E-state index in [9.17, 15) is 13.2 Å². The van der Waals surface area contributed by atoms with Crippen LogP contribution in [0.15, 0.2) is 12.4 Å². The van der Waals surface area contributed by atoms with Crippen LogP contribution >= 0.6 is 0 Å². The maximum Gasteiger partial charge on any atom is 0.419 e. The molecule has 8 heteroatoms. The molecule has 0 amide bonds. The molecule has 5 N–H and O–H groups in total. The standard InChI is InChI=1S/C13H16F3N5/c14-13(15,16)8-4-19-12-10(9(18)5-20-12)11(8)21-3-1-2-7(17)6-21/h4-5,7H,1-3,6,17-18H2,(H,19,20)/t7-/m1/s1. The molecule has 3 rings (SSSR count). The van der Waals surface area contributed by atoms with Gasteiger partial charge in [0.2, 0.25) is 0 Å². The van der Waals surface area contributed by atoms with Crippen LogP contribution in [0.1, 0.15) is 18.4 Å². The first kappa shape index (κ1) is 14.0. The predicted molar refractivity (Wildman–Crippen MR) is 74.9 cm³/mol. The van der Waals surface area contributed by atoms with E-state index in [1.165, 1.54) is 6.20 Å². The van der Waals surface area contributed by atoms with Gasteiger partial charge in [-0.2, -0.15) is 13.2 Å². The number of rotatable bonds is 1. The Balaban J connectivity index is 2.23. The Labute approximate surface area is 119 Å². The Bertz CT molecular complexity index is 664. The zero-order valence-corrected chi connectivity index (χ0v) is 11.2. The molecule has 1 atom stereocenters. The van der Waals surface area contributed by atoms with Gasteiger partial charge in [-0.15, -0.1) is 0 Å². The summed E-state index contributed by atoms with van der Waals surface area (Å²) < 4.78 is 40.0. The van der Waals surface area contributed by atoms with E-state index in [0.29, 0.717) is 24.1 Å². The third-order valence-electron chi connectivity index (χ3n) is 3.78. The second kappa shape index (κ2) is 4.80. The van der Waals surface area contributed by atoms with Crippen LogP contribution < -0.4 is 16.4 Å². The molecular weight excluding hydrogens is 283 g/mol. The van der Waals surface area contributed by atoms with Gasteiger partial charge in [-0.25, -0.2) is 4.98 Å². The van der Waals surface area contributed by atoms with Crippen molar-refractivity contribution in [2.24, 2.45) is 5.73 Å². The zero-order valence-electron chi connectivity index (χ0n) is 11.2. The Morgan fingerprint density at radius 2 is 2.14 bits per heavy atom. The van der Waals surface area contributed by atoms with E-state index in [0.717, 1.165) is 19.0 Å². The minimum Gasteiger partial charge on any atom is -0.397 e. The predicted octanol–water partition coefficient (Wildman–Crippen LogP) is 2.09. The molecule has 2 aromatic heterocycles. The molecule has 2 aromatic rings. The molecule has 21 heavy (non-hydrogen) atoms. The van der Waals surface area contributed by atoms with Gasteiger partial charge < -0.3 is 21.4 Å². The topological polar surface area (TPSA) is 84.0 Å². The van der Waals surface area contributed by atoms with Crippen molar-refractivity contribution in [1.29, 1.82) is 0 Å². The Kier molecular flexibility index (Phi) is 3.20. The number of aromatic amines is 1. The van der Waals surface area contributed by atoms with Gasteiger partial charge >= 0.3 is 6.18 Å². The van der Waals surface area contributed by atoms with E-state index in [1.54, 1.807) is 4.90 Å². The summed E-state index contributed by atoms with van der Waals surface area (Å²) in [5.41, 5.74) is 11.7. The summed E-state index contributed by atoms with van der Waals surface area (Å²) in [7, 11) is 0. The number of halogens is 3. The number of H-pyrrole nitrogens is 1. The number of anilines is 2. The van der Waals surface area contributed by atoms with Gasteiger partial charge in [0.05, 0.1) is 22.3 Å². The fraction of sp³-hybridized carbons (Fsp3) is 0.462. The molecule has 5 nitrogen and oxygen atoms in total. The molecule has 0 radical (unpaired) electrons. The average Bonchev–Trinajstić information content (AvgIpc) is 2.79. The van der Waals surface area contributed by atoms with E-state index in [-0.39, 0.29) is 17.4 Å². The van der Waals surface area contributed by atoms with Crippen LogP contribution in [-0.4, -0.2) is 29.1 Å². The second-order valence-electron chi connectivity index (χ2n) is 5.33. The van der Waals surface area contributed by atoms with E-state index in [4.69, 9.17) is 11.5 Å². The van der Waals surface area contributed by atoms with Gasteiger partial charge in [0.25, 0.3) is 0 Å². The molecule has 0 aromatic carbocycles. The van der Waals surface area contributed by atoms with Crippen LogP contribution in [0.2, 0.25) is 0 Å².